The third-order valence-corrected chi connectivity index (χ3v) is 6.53. The van der Waals surface area contributed by atoms with Crippen LogP contribution in [0.1, 0.15) is 94.5 Å². The summed E-state index contributed by atoms with van der Waals surface area (Å²) in [6, 6.07) is 11.9. The van der Waals surface area contributed by atoms with Crippen LogP contribution >= 0.6 is 15.9 Å². The number of ether oxygens (including phenoxy) is 1. The lowest BCUT2D eigenvalue weighted by atomic mass is 10.1. The standard InChI is InChI=1S/C27H40BrNO2/c1-2-3-4-5-6-7-8-9-10-11-12-16-21-31-26-23-29(20-19-25(26)30)27(28)22-24-17-14-13-15-18-24/h13-15,17-20,23,27H,2-12,16,21-22H2,1H3. The molecule has 0 aliphatic carbocycles. The molecule has 0 N–H and O–H groups in total. The predicted octanol–water partition coefficient (Wildman–Crippen LogP) is 8.06. The van der Waals surface area contributed by atoms with Crippen LogP contribution in [0.15, 0.2) is 53.6 Å². The van der Waals surface area contributed by atoms with Gasteiger partial charge in [-0.15, -0.1) is 0 Å². The number of unbranched alkanes of at least 4 members (excludes halogenated alkanes) is 11. The average Bonchev–Trinajstić information content (AvgIpc) is 2.78. The molecule has 2 rings (SSSR count). The third-order valence-electron chi connectivity index (χ3n) is 5.73. The van der Waals surface area contributed by atoms with Crippen molar-refractivity contribution in [2.24, 2.45) is 0 Å². The van der Waals surface area contributed by atoms with Gasteiger partial charge in [-0.2, -0.15) is 0 Å². The van der Waals surface area contributed by atoms with Crippen molar-refractivity contribution < 1.29 is 4.74 Å². The SMILES string of the molecule is CCCCCCCCCCCCCCOc1cn(C(Br)Cc2ccccc2)ccc1=O. The number of hydrogen-bond donors (Lipinski definition) is 0. The van der Waals surface area contributed by atoms with E-state index in [1.54, 1.807) is 6.07 Å². The van der Waals surface area contributed by atoms with Crippen LogP contribution < -0.4 is 10.2 Å². The monoisotopic (exact) mass is 489 g/mol. The van der Waals surface area contributed by atoms with Gasteiger partial charge in [-0.05, 0) is 12.0 Å². The number of halogens is 1. The molecule has 0 spiro atoms. The van der Waals surface area contributed by atoms with Crippen molar-refractivity contribution in [2.45, 2.75) is 95.3 Å². The van der Waals surface area contributed by atoms with Gasteiger partial charge in [0.25, 0.3) is 0 Å². The molecule has 0 aliphatic rings. The summed E-state index contributed by atoms with van der Waals surface area (Å²) in [5.74, 6) is 0.447. The Morgan fingerprint density at radius 2 is 1.42 bits per heavy atom. The second kappa shape index (κ2) is 16.1. The van der Waals surface area contributed by atoms with Crippen LogP contribution in [0.4, 0.5) is 0 Å². The maximum atomic E-state index is 12.1. The Morgan fingerprint density at radius 1 is 0.839 bits per heavy atom. The maximum absolute atomic E-state index is 12.1. The largest absolute Gasteiger partial charge is 0.488 e. The van der Waals surface area contributed by atoms with E-state index in [-0.39, 0.29) is 10.4 Å². The summed E-state index contributed by atoms with van der Waals surface area (Å²) in [6.07, 6.45) is 20.3. The van der Waals surface area contributed by atoms with Crippen molar-refractivity contribution in [1.82, 2.24) is 4.57 Å². The first-order chi connectivity index (χ1) is 15.2. The van der Waals surface area contributed by atoms with Gasteiger partial charge >= 0.3 is 0 Å². The fraction of sp³-hybridized carbons (Fsp3) is 0.593. The summed E-state index contributed by atoms with van der Waals surface area (Å²) in [7, 11) is 0. The van der Waals surface area contributed by atoms with E-state index in [1.165, 1.54) is 76.2 Å². The maximum Gasteiger partial charge on any atom is 0.223 e. The summed E-state index contributed by atoms with van der Waals surface area (Å²) in [5.41, 5.74) is 1.21. The molecule has 1 heterocycles. The molecule has 1 aromatic carbocycles. The summed E-state index contributed by atoms with van der Waals surface area (Å²) in [5, 5.41) is 0. The molecule has 1 atom stereocenters. The summed E-state index contributed by atoms with van der Waals surface area (Å²) in [4.78, 5) is 12.2. The molecular formula is C27H40BrNO2. The van der Waals surface area contributed by atoms with Crippen molar-refractivity contribution in [2.75, 3.05) is 6.61 Å². The first kappa shape index (κ1) is 25.7. The highest BCUT2D eigenvalue weighted by molar-refractivity contribution is 9.09. The predicted molar refractivity (Wildman–Crippen MR) is 135 cm³/mol. The number of aromatic nitrogens is 1. The number of pyridine rings is 1. The Morgan fingerprint density at radius 3 is 2.03 bits per heavy atom. The molecule has 0 fully saturated rings. The van der Waals surface area contributed by atoms with E-state index in [9.17, 15) is 4.79 Å². The molecule has 3 nitrogen and oxygen atoms in total. The highest BCUT2D eigenvalue weighted by Gasteiger charge is 2.09. The molecule has 0 bridgehead atoms. The number of nitrogens with zero attached hydrogens (tertiary/aromatic N) is 1. The summed E-state index contributed by atoms with van der Waals surface area (Å²) < 4.78 is 7.82. The minimum atomic E-state index is -0.0467. The Kier molecular flexibility index (Phi) is 13.4. The second-order valence-electron chi connectivity index (χ2n) is 8.48. The van der Waals surface area contributed by atoms with Crippen molar-refractivity contribution in [3.05, 3.63) is 64.6 Å². The Balaban J connectivity index is 1.58. The van der Waals surface area contributed by atoms with E-state index < -0.39 is 0 Å². The number of rotatable bonds is 17. The minimum absolute atomic E-state index is 0.0467. The van der Waals surface area contributed by atoms with Crippen LogP contribution in [0, 0.1) is 0 Å². The van der Waals surface area contributed by atoms with Gasteiger partial charge in [0.05, 0.1) is 17.8 Å². The van der Waals surface area contributed by atoms with Crippen LogP contribution in [0.5, 0.6) is 5.75 Å². The fourth-order valence-electron chi connectivity index (χ4n) is 3.80. The van der Waals surface area contributed by atoms with E-state index in [4.69, 9.17) is 4.74 Å². The normalized spacial score (nSPS) is 12.1. The van der Waals surface area contributed by atoms with E-state index >= 15 is 0 Å². The van der Waals surface area contributed by atoms with Crippen LogP contribution in [-0.2, 0) is 6.42 Å². The molecule has 1 aromatic heterocycles. The molecule has 31 heavy (non-hydrogen) atoms. The Hall–Kier alpha value is -1.55. The highest BCUT2D eigenvalue weighted by atomic mass is 79.9. The van der Waals surface area contributed by atoms with Gasteiger partial charge in [-0.1, -0.05) is 124 Å². The van der Waals surface area contributed by atoms with E-state index in [2.05, 4.69) is 35.0 Å². The number of hydrogen-bond acceptors (Lipinski definition) is 2. The number of benzene rings is 1. The van der Waals surface area contributed by atoms with Gasteiger partial charge in [-0.3, -0.25) is 4.79 Å². The van der Waals surface area contributed by atoms with Gasteiger partial charge in [0.15, 0.2) is 5.75 Å². The van der Waals surface area contributed by atoms with E-state index in [0.717, 1.165) is 12.8 Å². The molecule has 2 aromatic rings. The molecular weight excluding hydrogens is 450 g/mol. The van der Waals surface area contributed by atoms with E-state index in [0.29, 0.717) is 12.4 Å². The van der Waals surface area contributed by atoms with Crippen LogP contribution in [0.3, 0.4) is 0 Å². The average molecular weight is 491 g/mol. The van der Waals surface area contributed by atoms with Gasteiger partial charge in [-0.25, -0.2) is 0 Å². The lowest BCUT2D eigenvalue weighted by Gasteiger charge is -2.16. The minimum Gasteiger partial charge on any atom is -0.488 e. The molecule has 0 amide bonds. The topological polar surface area (TPSA) is 31.2 Å². The van der Waals surface area contributed by atoms with Gasteiger partial charge < -0.3 is 9.30 Å². The van der Waals surface area contributed by atoms with Crippen molar-refractivity contribution in [1.29, 1.82) is 0 Å². The lowest BCUT2D eigenvalue weighted by molar-refractivity contribution is 0.298. The molecule has 0 saturated carbocycles. The number of alkyl halides is 1. The van der Waals surface area contributed by atoms with Gasteiger partial charge in [0.2, 0.25) is 5.43 Å². The summed E-state index contributed by atoms with van der Waals surface area (Å²) >= 11 is 3.73. The first-order valence-corrected chi connectivity index (χ1v) is 13.1. The zero-order valence-electron chi connectivity index (χ0n) is 19.2. The quantitative estimate of drug-likeness (QED) is 0.166. The van der Waals surface area contributed by atoms with Crippen LogP contribution in [-0.4, -0.2) is 11.2 Å². The molecule has 0 saturated heterocycles. The smallest absolute Gasteiger partial charge is 0.223 e. The van der Waals surface area contributed by atoms with Crippen molar-refractivity contribution >= 4 is 15.9 Å². The van der Waals surface area contributed by atoms with E-state index in [1.807, 2.05) is 35.2 Å². The summed E-state index contributed by atoms with van der Waals surface area (Å²) in [6.45, 7) is 2.88. The lowest BCUT2D eigenvalue weighted by Crippen LogP contribution is -2.13. The first-order valence-electron chi connectivity index (χ1n) is 12.2. The molecule has 1 unspecified atom stereocenters. The van der Waals surface area contributed by atoms with Gasteiger partial charge in [0.1, 0.15) is 0 Å². The van der Waals surface area contributed by atoms with Crippen LogP contribution in [0.25, 0.3) is 0 Å². The molecule has 172 valence electrons. The fourth-order valence-corrected chi connectivity index (χ4v) is 4.43. The van der Waals surface area contributed by atoms with Crippen molar-refractivity contribution in [3.8, 4) is 5.75 Å². The molecule has 0 aliphatic heterocycles. The molecule has 0 radical (unpaired) electrons. The zero-order valence-corrected chi connectivity index (χ0v) is 20.8. The molecule has 4 heteroatoms. The zero-order chi connectivity index (χ0) is 22.2. The Bertz CT molecular complexity index is 759. The third kappa shape index (κ3) is 11.0. The second-order valence-corrected chi connectivity index (χ2v) is 9.54. The van der Waals surface area contributed by atoms with Crippen LogP contribution in [0.2, 0.25) is 0 Å². The van der Waals surface area contributed by atoms with Gasteiger partial charge in [0, 0.05) is 18.7 Å². The Labute approximate surface area is 197 Å². The van der Waals surface area contributed by atoms with Crippen molar-refractivity contribution in [3.63, 3.8) is 0 Å². The highest BCUT2D eigenvalue weighted by Crippen LogP contribution is 2.22.